The number of hydrogen-bond acceptors (Lipinski definition) is 3. The quantitative estimate of drug-likeness (QED) is 0.907. The van der Waals surface area contributed by atoms with Gasteiger partial charge in [-0.15, -0.1) is 0 Å². The van der Waals surface area contributed by atoms with Crippen LogP contribution >= 0.6 is 11.6 Å². The summed E-state index contributed by atoms with van der Waals surface area (Å²) in [6.07, 6.45) is 10.4. The van der Waals surface area contributed by atoms with E-state index >= 15 is 0 Å². The molecule has 4 rings (SSSR count). The minimum atomic E-state index is -0.354. The van der Waals surface area contributed by atoms with E-state index in [4.69, 9.17) is 11.6 Å². The molecule has 2 fully saturated rings. The maximum absolute atomic E-state index is 13.0. The Morgan fingerprint density at radius 3 is 2.44 bits per heavy atom. The SMILES string of the molecule is O=C(NC1CCC(n2cncn2)CC1)C1(c2ccc(Cl)cc2)CCC1. The van der Waals surface area contributed by atoms with Crippen molar-refractivity contribution in [1.82, 2.24) is 20.1 Å². The number of rotatable bonds is 4. The Kier molecular flexibility index (Phi) is 4.50. The van der Waals surface area contributed by atoms with Gasteiger partial charge in [-0.3, -0.25) is 4.79 Å². The zero-order valence-electron chi connectivity index (χ0n) is 14.2. The van der Waals surface area contributed by atoms with Gasteiger partial charge in [0.05, 0.1) is 11.5 Å². The van der Waals surface area contributed by atoms with Crippen LogP contribution in [-0.2, 0) is 10.2 Å². The van der Waals surface area contributed by atoms with Crippen LogP contribution < -0.4 is 5.32 Å². The molecule has 0 bridgehead atoms. The monoisotopic (exact) mass is 358 g/mol. The number of carbonyl (C=O) groups excluding carboxylic acids is 1. The lowest BCUT2D eigenvalue weighted by Crippen LogP contribution is -2.52. The number of nitrogens with one attached hydrogen (secondary N) is 1. The van der Waals surface area contributed by atoms with Gasteiger partial charge in [0.1, 0.15) is 12.7 Å². The van der Waals surface area contributed by atoms with Crippen LogP contribution in [-0.4, -0.2) is 26.7 Å². The molecule has 1 N–H and O–H groups in total. The largest absolute Gasteiger partial charge is 0.353 e. The Hall–Kier alpha value is -1.88. The Labute approximate surface area is 152 Å². The lowest BCUT2D eigenvalue weighted by atomic mass is 9.63. The highest BCUT2D eigenvalue weighted by molar-refractivity contribution is 6.30. The van der Waals surface area contributed by atoms with E-state index in [9.17, 15) is 4.79 Å². The molecule has 0 unspecified atom stereocenters. The van der Waals surface area contributed by atoms with E-state index in [0.29, 0.717) is 11.1 Å². The van der Waals surface area contributed by atoms with Gasteiger partial charge in [0, 0.05) is 11.1 Å². The third kappa shape index (κ3) is 3.17. The number of halogens is 1. The minimum absolute atomic E-state index is 0.185. The summed E-state index contributed by atoms with van der Waals surface area (Å²) < 4.78 is 1.94. The van der Waals surface area contributed by atoms with Crippen molar-refractivity contribution in [3.63, 3.8) is 0 Å². The second-order valence-corrected chi connectivity index (χ2v) is 7.73. The van der Waals surface area contributed by atoms with Crippen molar-refractivity contribution in [3.05, 3.63) is 47.5 Å². The molecule has 2 aliphatic rings. The summed E-state index contributed by atoms with van der Waals surface area (Å²) in [5, 5.41) is 8.28. The third-order valence-electron chi connectivity index (χ3n) is 5.88. The lowest BCUT2D eigenvalue weighted by molar-refractivity contribution is -0.131. The number of hydrogen-bond donors (Lipinski definition) is 1. The predicted octanol–water partition coefficient (Wildman–Crippen LogP) is 3.65. The maximum Gasteiger partial charge on any atom is 0.230 e. The molecule has 0 aliphatic heterocycles. The zero-order valence-corrected chi connectivity index (χ0v) is 15.0. The molecule has 1 aromatic heterocycles. The smallest absolute Gasteiger partial charge is 0.230 e. The molecule has 1 heterocycles. The Morgan fingerprint density at radius 1 is 1.16 bits per heavy atom. The molecule has 6 heteroatoms. The number of nitrogens with zero attached hydrogens (tertiary/aromatic N) is 3. The van der Waals surface area contributed by atoms with Gasteiger partial charge in [-0.25, -0.2) is 9.67 Å². The van der Waals surface area contributed by atoms with Gasteiger partial charge in [-0.1, -0.05) is 30.2 Å². The Balaban J connectivity index is 1.39. The molecule has 132 valence electrons. The zero-order chi connectivity index (χ0) is 17.3. The summed E-state index contributed by atoms with van der Waals surface area (Å²) in [5.41, 5.74) is 0.741. The van der Waals surface area contributed by atoms with Crippen LogP contribution in [0.1, 0.15) is 56.6 Å². The van der Waals surface area contributed by atoms with E-state index in [1.807, 2.05) is 28.9 Å². The van der Waals surface area contributed by atoms with E-state index in [0.717, 1.165) is 50.5 Å². The molecular formula is C19H23ClN4O. The summed E-state index contributed by atoms with van der Waals surface area (Å²) in [5.74, 6) is 0.185. The normalized spacial score (nSPS) is 25.2. The molecule has 1 aromatic carbocycles. The van der Waals surface area contributed by atoms with Gasteiger partial charge in [0.2, 0.25) is 5.91 Å². The highest BCUT2D eigenvalue weighted by atomic mass is 35.5. The van der Waals surface area contributed by atoms with Crippen LogP contribution in [0.2, 0.25) is 5.02 Å². The van der Waals surface area contributed by atoms with Crippen molar-refractivity contribution in [2.24, 2.45) is 0 Å². The second kappa shape index (κ2) is 6.79. The first kappa shape index (κ1) is 16.6. The second-order valence-electron chi connectivity index (χ2n) is 7.30. The molecule has 25 heavy (non-hydrogen) atoms. The predicted molar refractivity (Wildman–Crippen MR) is 96.4 cm³/mol. The van der Waals surface area contributed by atoms with Crippen LogP contribution in [0.3, 0.4) is 0 Å². The first-order valence-corrected chi connectivity index (χ1v) is 9.46. The molecule has 0 saturated heterocycles. The van der Waals surface area contributed by atoms with Crippen molar-refractivity contribution in [2.75, 3.05) is 0 Å². The molecule has 0 radical (unpaired) electrons. The van der Waals surface area contributed by atoms with Gasteiger partial charge in [-0.05, 0) is 56.2 Å². The third-order valence-corrected chi connectivity index (χ3v) is 6.13. The van der Waals surface area contributed by atoms with Gasteiger partial charge >= 0.3 is 0 Å². The summed E-state index contributed by atoms with van der Waals surface area (Å²) >= 11 is 6.00. The summed E-state index contributed by atoms with van der Waals surface area (Å²) in [6.45, 7) is 0. The fourth-order valence-electron chi connectivity index (χ4n) is 4.16. The van der Waals surface area contributed by atoms with Crippen LogP contribution in [0.25, 0.3) is 0 Å². The van der Waals surface area contributed by atoms with Gasteiger partial charge in [0.15, 0.2) is 0 Å². The Bertz CT molecular complexity index is 716. The van der Waals surface area contributed by atoms with Crippen molar-refractivity contribution >= 4 is 17.5 Å². The molecule has 0 spiro atoms. The van der Waals surface area contributed by atoms with Gasteiger partial charge in [-0.2, -0.15) is 5.10 Å². The first-order chi connectivity index (χ1) is 12.2. The summed E-state index contributed by atoms with van der Waals surface area (Å²) in [7, 11) is 0. The molecule has 2 aliphatic carbocycles. The molecule has 1 amide bonds. The molecule has 5 nitrogen and oxygen atoms in total. The molecule has 0 atom stereocenters. The van der Waals surface area contributed by atoms with Crippen molar-refractivity contribution in [1.29, 1.82) is 0 Å². The van der Waals surface area contributed by atoms with Gasteiger partial charge in [0.25, 0.3) is 0 Å². The molecular weight excluding hydrogens is 336 g/mol. The van der Waals surface area contributed by atoms with Crippen LogP contribution in [0.4, 0.5) is 0 Å². The minimum Gasteiger partial charge on any atom is -0.353 e. The van der Waals surface area contributed by atoms with E-state index in [1.54, 1.807) is 12.7 Å². The first-order valence-electron chi connectivity index (χ1n) is 9.08. The topological polar surface area (TPSA) is 59.8 Å². The van der Waals surface area contributed by atoms with E-state index < -0.39 is 0 Å². The summed E-state index contributed by atoms with van der Waals surface area (Å²) in [4.78, 5) is 17.1. The van der Waals surface area contributed by atoms with Crippen molar-refractivity contribution in [3.8, 4) is 0 Å². The highest BCUT2D eigenvalue weighted by Gasteiger charge is 2.46. The van der Waals surface area contributed by atoms with E-state index in [1.165, 1.54) is 0 Å². The van der Waals surface area contributed by atoms with Crippen LogP contribution in [0.5, 0.6) is 0 Å². The lowest BCUT2D eigenvalue weighted by Gasteiger charge is -2.42. The average Bonchev–Trinajstić information content (AvgIpc) is 3.11. The number of amides is 1. The molecule has 2 saturated carbocycles. The highest BCUT2D eigenvalue weighted by Crippen LogP contribution is 2.44. The van der Waals surface area contributed by atoms with E-state index in [-0.39, 0.29) is 17.4 Å². The Morgan fingerprint density at radius 2 is 1.88 bits per heavy atom. The number of benzene rings is 1. The van der Waals surface area contributed by atoms with Crippen molar-refractivity contribution < 1.29 is 4.79 Å². The van der Waals surface area contributed by atoms with Crippen LogP contribution in [0, 0.1) is 0 Å². The van der Waals surface area contributed by atoms with E-state index in [2.05, 4.69) is 15.4 Å². The number of aromatic nitrogens is 3. The van der Waals surface area contributed by atoms with Crippen LogP contribution in [0.15, 0.2) is 36.9 Å². The maximum atomic E-state index is 13.0. The summed E-state index contributed by atoms with van der Waals surface area (Å²) in [6, 6.07) is 8.44. The fraction of sp³-hybridized carbons (Fsp3) is 0.526. The standard InChI is InChI=1S/C19H23ClN4O/c20-15-4-2-14(3-5-15)19(10-1-11-19)18(25)23-16-6-8-17(9-7-16)24-13-21-12-22-24/h2-5,12-13,16-17H,1,6-11H2,(H,23,25). The van der Waals surface area contributed by atoms with Crippen molar-refractivity contribution in [2.45, 2.75) is 62.4 Å². The average molecular weight is 359 g/mol. The molecule has 2 aromatic rings. The number of carbonyl (C=O) groups is 1. The van der Waals surface area contributed by atoms with Gasteiger partial charge < -0.3 is 5.32 Å². The fourth-order valence-corrected chi connectivity index (χ4v) is 4.29.